The molecule has 2 rings (SSSR count). The maximum Gasteiger partial charge on any atom is 0.338 e. The van der Waals surface area contributed by atoms with Gasteiger partial charge in [-0.05, 0) is 45.6 Å². The molecule has 0 amide bonds. The van der Waals surface area contributed by atoms with E-state index in [1.165, 1.54) is 18.4 Å². The molecular formula is C14H20O3. The third-order valence-corrected chi connectivity index (χ3v) is 3.59. The quantitative estimate of drug-likeness (QED) is 0.690. The average Bonchev–Trinajstić information content (AvgIpc) is 2.29. The van der Waals surface area contributed by atoms with Crippen molar-refractivity contribution in [3.63, 3.8) is 0 Å². The molecule has 2 aliphatic rings. The Labute approximate surface area is 102 Å². The fourth-order valence-corrected chi connectivity index (χ4v) is 2.84. The van der Waals surface area contributed by atoms with Crippen LogP contribution in [0.1, 0.15) is 46.5 Å². The van der Waals surface area contributed by atoms with Gasteiger partial charge in [0.15, 0.2) is 0 Å². The fourth-order valence-electron chi connectivity index (χ4n) is 2.84. The van der Waals surface area contributed by atoms with Gasteiger partial charge in [0, 0.05) is 5.92 Å². The number of carbonyl (C=O) groups excluding carboxylic acids is 1. The summed E-state index contributed by atoms with van der Waals surface area (Å²) in [4.78, 5) is 12.0. The highest BCUT2D eigenvalue weighted by molar-refractivity contribution is 5.90. The van der Waals surface area contributed by atoms with Crippen LogP contribution in [-0.4, -0.2) is 12.6 Å². The summed E-state index contributed by atoms with van der Waals surface area (Å²) in [7, 11) is 0. The number of esters is 1. The number of carbonyl (C=O) groups is 1. The highest BCUT2D eigenvalue weighted by Crippen LogP contribution is 2.42. The van der Waals surface area contributed by atoms with E-state index in [2.05, 4.69) is 0 Å². The van der Waals surface area contributed by atoms with Crippen LogP contribution in [0.15, 0.2) is 22.7 Å². The molecule has 0 radical (unpaired) electrons. The summed E-state index contributed by atoms with van der Waals surface area (Å²) in [6.45, 7) is 6.11. The number of allylic oxidation sites excluding steroid dienone is 3. The first-order valence-corrected chi connectivity index (χ1v) is 6.40. The summed E-state index contributed by atoms with van der Waals surface area (Å²) < 4.78 is 10.8. The predicted octanol–water partition coefficient (Wildman–Crippen LogP) is 3.32. The van der Waals surface area contributed by atoms with Crippen LogP contribution < -0.4 is 0 Å². The van der Waals surface area contributed by atoms with Gasteiger partial charge in [0.05, 0.1) is 12.2 Å². The maximum atomic E-state index is 12.0. The van der Waals surface area contributed by atoms with Gasteiger partial charge in [0.1, 0.15) is 11.5 Å². The zero-order chi connectivity index (χ0) is 12.4. The van der Waals surface area contributed by atoms with Gasteiger partial charge < -0.3 is 9.47 Å². The van der Waals surface area contributed by atoms with Crippen LogP contribution in [0.5, 0.6) is 0 Å². The molecule has 1 fully saturated rings. The van der Waals surface area contributed by atoms with Gasteiger partial charge >= 0.3 is 5.97 Å². The summed E-state index contributed by atoms with van der Waals surface area (Å²) in [5.74, 6) is 1.73. The van der Waals surface area contributed by atoms with Crippen molar-refractivity contribution in [3.05, 3.63) is 22.7 Å². The van der Waals surface area contributed by atoms with Gasteiger partial charge in [-0.1, -0.05) is 6.42 Å². The van der Waals surface area contributed by atoms with Crippen molar-refractivity contribution in [2.75, 3.05) is 6.61 Å². The molecule has 1 aliphatic carbocycles. The summed E-state index contributed by atoms with van der Waals surface area (Å²) in [6, 6.07) is 0. The second kappa shape index (κ2) is 4.94. The molecule has 0 aromatic rings. The minimum atomic E-state index is -0.207. The zero-order valence-electron chi connectivity index (χ0n) is 10.8. The molecular weight excluding hydrogens is 216 g/mol. The van der Waals surface area contributed by atoms with Gasteiger partial charge in [-0.3, -0.25) is 0 Å². The summed E-state index contributed by atoms with van der Waals surface area (Å²) >= 11 is 0. The van der Waals surface area contributed by atoms with Gasteiger partial charge in [-0.15, -0.1) is 0 Å². The highest BCUT2D eigenvalue weighted by Gasteiger charge is 2.35. The number of hydrogen-bond donors (Lipinski definition) is 0. The van der Waals surface area contributed by atoms with Crippen LogP contribution in [0.3, 0.4) is 0 Å². The minimum absolute atomic E-state index is 0.207. The minimum Gasteiger partial charge on any atom is -0.466 e. The molecule has 3 nitrogen and oxygen atoms in total. The maximum absolute atomic E-state index is 12.0. The van der Waals surface area contributed by atoms with Crippen molar-refractivity contribution in [3.8, 4) is 0 Å². The van der Waals surface area contributed by atoms with E-state index in [1.807, 2.05) is 20.8 Å². The Hall–Kier alpha value is -1.25. The van der Waals surface area contributed by atoms with Crippen molar-refractivity contribution in [2.24, 2.45) is 5.92 Å². The number of ether oxygens (including phenoxy) is 2. The monoisotopic (exact) mass is 236 g/mol. The van der Waals surface area contributed by atoms with Gasteiger partial charge in [-0.2, -0.15) is 0 Å². The Balaban J connectivity index is 2.30. The van der Waals surface area contributed by atoms with E-state index in [0.29, 0.717) is 6.61 Å². The molecule has 1 heterocycles. The van der Waals surface area contributed by atoms with Crippen molar-refractivity contribution in [2.45, 2.75) is 46.5 Å². The molecule has 0 N–H and O–H groups in total. The lowest BCUT2D eigenvalue weighted by Crippen LogP contribution is -2.26. The Kier molecular flexibility index (Phi) is 3.55. The van der Waals surface area contributed by atoms with Crippen molar-refractivity contribution < 1.29 is 14.3 Å². The standard InChI is InChI=1S/C14H20O3/c1-4-16-14(15)13-10(3)17-9(2)11-7-5-6-8-12(11)13/h12H,4-8H2,1-3H3. The molecule has 0 spiro atoms. The van der Waals surface area contributed by atoms with Gasteiger partial charge in [0.2, 0.25) is 0 Å². The molecule has 1 atom stereocenters. The largest absolute Gasteiger partial charge is 0.466 e. The number of hydrogen-bond acceptors (Lipinski definition) is 3. The van der Waals surface area contributed by atoms with Crippen LogP contribution in [0.2, 0.25) is 0 Å². The Morgan fingerprint density at radius 1 is 1.35 bits per heavy atom. The first-order chi connectivity index (χ1) is 8.15. The van der Waals surface area contributed by atoms with Gasteiger partial charge in [-0.25, -0.2) is 4.79 Å². The van der Waals surface area contributed by atoms with Crippen LogP contribution in [0.4, 0.5) is 0 Å². The lowest BCUT2D eigenvalue weighted by atomic mass is 9.77. The lowest BCUT2D eigenvalue weighted by Gasteiger charge is -2.33. The van der Waals surface area contributed by atoms with E-state index in [0.717, 1.165) is 29.9 Å². The second-order valence-electron chi connectivity index (χ2n) is 4.67. The van der Waals surface area contributed by atoms with Crippen LogP contribution in [-0.2, 0) is 14.3 Å². The summed E-state index contributed by atoms with van der Waals surface area (Å²) in [5.41, 5.74) is 2.04. The first-order valence-electron chi connectivity index (χ1n) is 6.40. The first kappa shape index (κ1) is 12.2. The molecule has 94 valence electrons. The molecule has 3 heteroatoms. The summed E-state index contributed by atoms with van der Waals surface area (Å²) in [6.07, 6.45) is 4.47. The second-order valence-corrected chi connectivity index (χ2v) is 4.67. The third-order valence-electron chi connectivity index (χ3n) is 3.59. The van der Waals surface area contributed by atoms with E-state index in [-0.39, 0.29) is 11.9 Å². The predicted molar refractivity (Wildman–Crippen MR) is 65.1 cm³/mol. The van der Waals surface area contributed by atoms with Crippen molar-refractivity contribution in [1.29, 1.82) is 0 Å². The van der Waals surface area contributed by atoms with Gasteiger partial charge in [0.25, 0.3) is 0 Å². The fraction of sp³-hybridized carbons (Fsp3) is 0.643. The molecule has 0 saturated heterocycles. The molecule has 0 aromatic carbocycles. The Bertz CT molecular complexity index is 390. The average molecular weight is 236 g/mol. The van der Waals surface area contributed by atoms with E-state index in [4.69, 9.17) is 9.47 Å². The lowest BCUT2D eigenvalue weighted by molar-refractivity contribution is -0.139. The summed E-state index contributed by atoms with van der Waals surface area (Å²) in [5, 5.41) is 0. The van der Waals surface area contributed by atoms with Crippen molar-refractivity contribution >= 4 is 5.97 Å². The third kappa shape index (κ3) is 2.24. The molecule has 1 saturated carbocycles. The highest BCUT2D eigenvalue weighted by atomic mass is 16.5. The molecule has 1 aliphatic heterocycles. The van der Waals surface area contributed by atoms with E-state index < -0.39 is 0 Å². The topological polar surface area (TPSA) is 35.5 Å². The SMILES string of the molecule is CCOC(=O)C1=C(C)OC(C)=C2CCCCC21. The van der Waals surface area contributed by atoms with Crippen LogP contribution >= 0.6 is 0 Å². The van der Waals surface area contributed by atoms with Crippen LogP contribution in [0, 0.1) is 5.92 Å². The van der Waals surface area contributed by atoms with E-state index >= 15 is 0 Å². The van der Waals surface area contributed by atoms with Crippen molar-refractivity contribution in [1.82, 2.24) is 0 Å². The Morgan fingerprint density at radius 3 is 2.82 bits per heavy atom. The van der Waals surface area contributed by atoms with Crippen LogP contribution in [0.25, 0.3) is 0 Å². The number of fused-ring (bicyclic) bond motifs is 1. The Morgan fingerprint density at radius 2 is 2.12 bits per heavy atom. The normalized spacial score (nSPS) is 24.3. The number of rotatable bonds is 2. The molecule has 17 heavy (non-hydrogen) atoms. The molecule has 0 bridgehead atoms. The zero-order valence-corrected chi connectivity index (χ0v) is 10.8. The van der Waals surface area contributed by atoms with E-state index in [9.17, 15) is 4.79 Å². The smallest absolute Gasteiger partial charge is 0.338 e. The molecule has 1 unspecified atom stereocenters. The van der Waals surface area contributed by atoms with E-state index in [1.54, 1.807) is 0 Å². The molecule has 0 aromatic heterocycles.